The van der Waals surface area contributed by atoms with Crippen LogP contribution in [0, 0.1) is 23.0 Å². The zero-order chi connectivity index (χ0) is 26.1. The van der Waals surface area contributed by atoms with E-state index in [9.17, 15) is 18.4 Å². The van der Waals surface area contributed by atoms with Crippen LogP contribution in [0.25, 0.3) is 0 Å². The van der Waals surface area contributed by atoms with Crippen molar-refractivity contribution in [3.63, 3.8) is 0 Å². The minimum Gasteiger partial charge on any atom is -0.490 e. The van der Waals surface area contributed by atoms with E-state index in [0.717, 1.165) is 6.07 Å². The first-order chi connectivity index (χ1) is 17.3. The molecule has 11 heteroatoms. The predicted molar refractivity (Wildman–Crippen MR) is 132 cm³/mol. The second-order valence-electron chi connectivity index (χ2n) is 7.10. The molecule has 0 aliphatic rings. The number of nitriles is 1. The van der Waals surface area contributed by atoms with Crippen LogP contribution in [0.5, 0.6) is 11.5 Å². The van der Waals surface area contributed by atoms with Crippen molar-refractivity contribution < 1.29 is 27.8 Å². The number of ether oxygens (including phenoxy) is 2. The lowest BCUT2D eigenvalue weighted by molar-refractivity contribution is -0.118. The van der Waals surface area contributed by atoms with Crippen LogP contribution in [0.2, 0.25) is 0 Å². The Morgan fingerprint density at radius 3 is 2.47 bits per heavy atom. The molecule has 0 saturated heterocycles. The van der Waals surface area contributed by atoms with Crippen molar-refractivity contribution in [1.29, 1.82) is 5.26 Å². The number of carbonyl (C=O) groups is 2. The van der Waals surface area contributed by atoms with E-state index in [1.54, 1.807) is 25.1 Å². The minimum absolute atomic E-state index is 0.0928. The zero-order valence-corrected chi connectivity index (χ0v) is 20.4. The molecule has 0 aromatic heterocycles. The highest BCUT2D eigenvalue weighted by Gasteiger charge is 2.14. The summed E-state index contributed by atoms with van der Waals surface area (Å²) in [5, 5.41) is 15.2. The molecule has 8 nitrogen and oxygen atoms in total. The number of benzene rings is 3. The van der Waals surface area contributed by atoms with Crippen LogP contribution >= 0.6 is 15.9 Å². The van der Waals surface area contributed by atoms with Crippen LogP contribution in [0.1, 0.15) is 28.4 Å². The first-order valence-corrected chi connectivity index (χ1v) is 11.3. The Labute approximate surface area is 213 Å². The van der Waals surface area contributed by atoms with Gasteiger partial charge in [0.2, 0.25) is 0 Å². The Bertz CT molecular complexity index is 1340. The first-order valence-electron chi connectivity index (χ1n) is 10.5. The summed E-state index contributed by atoms with van der Waals surface area (Å²) in [5.41, 5.74) is 2.98. The topological polar surface area (TPSA) is 113 Å². The highest BCUT2D eigenvalue weighted by Crippen LogP contribution is 2.33. The van der Waals surface area contributed by atoms with Crippen molar-refractivity contribution in [2.24, 2.45) is 5.10 Å². The molecule has 0 bridgehead atoms. The SMILES string of the molecule is CCOc1cc(/C=N\NC(=O)c2ccc(C#N)cc2F)c(Br)cc1OCC(=O)Nc1ccc(F)cc1. The van der Waals surface area contributed by atoms with Crippen LogP contribution in [-0.2, 0) is 4.79 Å². The number of hydrazone groups is 1. The van der Waals surface area contributed by atoms with Gasteiger partial charge in [-0.05, 0) is 77.5 Å². The number of carbonyl (C=O) groups excluding carboxylic acids is 2. The molecule has 0 unspecified atom stereocenters. The van der Waals surface area contributed by atoms with Gasteiger partial charge in [-0.15, -0.1) is 0 Å². The predicted octanol–water partition coefficient (Wildman–Crippen LogP) is 4.78. The smallest absolute Gasteiger partial charge is 0.274 e. The summed E-state index contributed by atoms with van der Waals surface area (Å²) in [7, 11) is 0. The summed E-state index contributed by atoms with van der Waals surface area (Å²) in [5.74, 6) is -1.91. The summed E-state index contributed by atoms with van der Waals surface area (Å²) >= 11 is 3.37. The van der Waals surface area contributed by atoms with Crippen molar-refractivity contribution in [3.8, 4) is 17.6 Å². The first kappa shape index (κ1) is 26.3. The fourth-order valence-corrected chi connectivity index (χ4v) is 3.32. The van der Waals surface area contributed by atoms with Crippen LogP contribution in [0.15, 0.2) is 64.2 Å². The Balaban J connectivity index is 1.67. The molecule has 0 fully saturated rings. The van der Waals surface area contributed by atoms with Gasteiger partial charge in [-0.3, -0.25) is 9.59 Å². The number of hydrogen-bond acceptors (Lipinski definition) is 6. The van der Waals surface area contributed by atoms with Gasteiger partial charge < -0.3 is 14.8 Å². The summed E-state index contributed by atoms with van der Waals surface area (Å²) in [6, 6.07) is 13.7. The van der Waals surface area contributed by atoms with E-state index in [1.807, 2.05) is 0 Å². The lowest BCUT2D eigenvalue weighted by atomic mass is 10.1. The highest BCUT2D eigenvalue weighted by molar-refractivity contribution is 9.10. The van der Waals surface area contributed by atoms with E-state index in [0.29, 0.717) is 28.1 Å². The van der Waals surface area contributed by atoms with Gasteiger partial charge in [0.25, 0.3) is 11.8 Å². The Morgan fingerprint density at radius 1 is 1.08 bits per heavy atom. The standard InChI is InChI=1S/C25H19BrF2N4O4/c1-2-35-22-10-16(13-30-32-25(34)19-8-3-15(12-29)9-21(19)28)20(26)11-23(22)36-14-24(33)31-18-6-4-17(27)5-7-18/h3-11,13H,2,14H2,1H3,(H,31,33)(H,32,34)/b30-13-. The zero-order valence-electron chi connectivity index (χ0n) is 18.8. The van der Waals surface area contributed by atoms with Gasteiger partial charge in [0, 0.05) is 15.7 Å². The summed E-state index contributed by atoms with van der Waals surface area (Å²) in [6.45, 7) is 1.75. The Morgan fingerprint density at radius 2 is 1.81 bits per heavy atom. The maximum Gasteiger partial charge on any atom is 0.274 e. The molecule has 0 spiro atoms. The molecular weight excluding hydrogens is 538 g/mol. The van der Waals surface area contributed by atoms with E-state index in [1.165, 1.54) is 42.6 Å². The van der Waals surface area contributed by atoms with Crippen LogP contribution in [0.4, 0.5) is 14.5 Å². The third kappa shape index (κ3) is 7.10. The van der Waals surface area contributed by atoms with Gasteiger partial charge in [-0.2, -0.15) is 10.4 Å². The fourth-order valence-electron chi connectivity index (χ4n) is 2.89. The van der Waals surface area contributed by atoms with Gasteiger partial charge in [0.05, 0.1) is 30.0 Å². The second kappa shape index (κ2) is 12.4. The van der Waals surface area contributed by atoms with Crippen molar-refractivity contribution in [1.82, 2.24) is 5.43 Å². The van der Waals surface area contributed by atoms with E-state index in [4.69, 9.17) is 14.7 Å². The van der Waals surface area contributed by atoms with Crippen LogP contribution in [0.3, 0.4) is 0 Å². The summed E-state index contributed by atoms with van der Waals surface area (Å²) < 4.78 is 38.7. The van der Waals surface area contributed by atoms with Crippen molar-refractivity contribution in [2.45, 2.75) is 6.92 Å². The molecule has 2 N–H and O–H groups in total. The van der Waals surface area contributed by atoms with Gasteiger partial charge in [0.15, 0.2) is 18.1 Å². The quantitative estimate of drug-likeness (QED) is 0.291. The molecule has 0 heterocycles. The molecule has 0 atom stereocenters. The molecule has 2 amide bonds. The van der Waals surface area contributed by atoms with Crippen molar-refractivity contribution in [2.75, 3.05) is 18.5 Å². The number of nitrogens with zero attached hydrogens (tertiary/aromatic N) is 2. The monoisotopic (exact) mass is 556 g/mol. The number of halogens is 3. The number of anilines is 1. The molecule has 0 aliphatic carbocycles. The molecule has 184 valence electrons. The lowest BCUT2D eigenvalue weighted by Crippen LogP contribution is -2.20. The lowest BCUT2D eigenvalue weighted by Gasteiger charge is -2.14. The fraction of sp³-hybridized carbons (Fsp3) is 0.120. The van der Waals surface area contributed by atoms with Gasteiger partial charge in [0.1, 0.15) is 11.6 Å². The number of rotatable bonds is 9. The maximum absolute atomic E-state index is 14.0. The largest absolute Gasteiger partial charge is 0.490 e. The van der Waals surface area contributed by atoms with E-state index < -0.39 is 23.4 Å². The van der Waals surface area contributed by atoms with Gasteiger partial charge in [-0.1, -0.05) is 0 Å². The van der Waals surface area contributed by atoms with E-state index in [2.05, 4.69) is 31.8 Å². The molecule has 3 aromatic carbocycles. The van der Waals surface area contributed by atoms with E-state index >= 15 is 0 Å². The molecule has 3 rings (SSSR count). The molecule has 36 heavy (non-hydrogen) atoms. The third-order valence-electron chi connectivity index (χ3n) is 4.56. The number of nitrogens with one attached hydrogen (secondary N) is 2. The molecule has 0 radical (unpaired) electrons. The van der Waals surface area contributed by atoms with Gasteiger partial charge in [-0.25, -0.2) is 14.2 Å². The Kier molecular flexibility index (Phi) is 9.07. The minimum atomic E-state index is -0.841. The van der Waals surface area contributed by atoms with Crippen LogP contribution in [-0.4, -0.2) is 31.2 Å². The molecule has 0 saturated carbocycles. The molecular formula is C25H19BrF2N4O4. The number of amides is 2. The average molecular weight is 557 g/mol. The average Bonchev–Trinajstić information content (AvgIpc) is 2.86. The number of hydrogen-bond donors (Lipinski definition) is 2. The Hall–Kier alpha value is -4.30. The third-order valence-corrected chi connectivity index (χ3v) is 5.25. The van der Waals surface area contributed by atoms with Gasteiger partial charge >= 0.3 is 0 Å². The normalized spacial score (nSPS) is 10.5. The van der Waals surface area contributed by atoms with Crippen LogP contribution < -0.4 is 20.2 Å². The second-order valence-corrected chi connectivity index (χ2v) is 7.96. The van der Waals surface area contributed by atoms with E-state index in [-0.39, 0.29) is 23.5 Å². The van der Waals surface area contributed by atoms with Crippen molar-refractivity contribution in [3.05, 3.63) is 87.4 Å². The maximum atomic E-state index is 14.0. The van der Waals surface area contributed by atoms with Crippen molar-refractivity contribution >= 4 is 39.6 Å². The molecule has 3 aromatic rings. The summed E-state index contributed by atoms with van der Waals surface area (Å²) in [6.07, 6.45) is 1.32. The molecule has 0 aliphatic heterocycles. The summed E-state index contributed by atoms with van der Waals surface area (Å²) in [4.78, 5) is 24.4. The highest BCUT2D eigenvalue weighted by atomic mass is 79.9.